The van der Waals surface area contributed by atoms with Crippen LogP contribution in [-0.4, -0.2) is 13.1 Å². The first-order valence-electron chi connectivity index (χ1n) is 4.96. The van der Waals surface area contributed by atoms with Crippen molar-refractivity contribution in [3.8, 4) is 0 Å². The van der Waals surface area contributed by atoms with Gasteiger partial charge in [0.2, 0.25) is 0 Å². The van der Waals surface area contributed by atoms with Gasteiger partial charge in [0.25, 0.3) is 0 Å². The van der Waals surface area contributed by atoms with Gasteiger partial charge in [0, 0.05) is 6.04 Å². The van der Waals surface area contributed by atoms with Crippen molar-refractivity contribution in [3.05, 3.63) is 41.5 Å². The standard InChI is InChI=1S/C12H14F3N/c1-9(16-2)3-4-10-5-7-11(8-6-10)12(13,14)15/h3-9,16H,1-2H3/b4-3+/t9-/m1/s1. The van der Waals surface area contributed by atoms with Gasteiger partial charge < -0.3 is 5.32 Å². The van der Waals surface area contributed by atoms with Gasteiger partial charge in [0.15, 0.2) is 0 Å². The maximum atomic E-state index is 12.3. The van der Waals surface area contributed by atoms with Crippen molar-refractivity contribution < 1.29 is 13.2 Å². The minimum absolute atomic E-state index is 0.197. The molecule has 0 radical (unpaired) electrons. The van der Waals surface area contributed by atoms with Gasteiger partial charge in [-0.3, -0.25) is 0 Å². The molecule has 0 unspecified atom stereocenters. The Bertz CT molecular complexity index is 352. The molecule has 0 saturated carbocycles. The van der Waals surface area contributed by atoms with E-state index in [1.165, 1.54) is 12.1 Å². The number of benzene rings is 1. The van der Waals surface area contributed by atoms with Crippen LogP contribution in [0.3, 0.4) is 0 Å². The molecule has 1 N–H and O–H groups in total. The van der Waals surface area contributed by atoms with Crippen molar-refractivity contribution in [2.75, 3.05) is 7.05 Å². The molecule has 0 aliphatic carbocycles. The second-order valence-electron chi connectivity index (χ2n) is 3.56. The third-order valence-electron chi connectivity index (χ3n) is 2.27. The quantitative estimate of drug-likeness (QED) is 0.838. The highest BCUT2D eigenvalue weighted by Crippen LogP contribution is 2.29. The number of rotatable bonds is 3. The lowest BCUT2D eigenvalue weighted by Gasteiger charge is -2.06. The Kier molecular flexibility index (Phi) is 4.12. The monoisotopic (exact) mass is 229 g/mol. The Balaban J connectivity index is 2.76. The van der Waals surface area contributed by atoms with Crippen LogP contribution in [0.1, 0.15) is 18.1 Å². The van der Waals surface area contributed by atoms with E-state index in [9.17, 15) is 13.2 Å². The highest BCUT2D eigenvalue weighted by Gasteiger charge is 2.29. The summed E-state index contributed by atoms with van der Waals surface area (Å²) in [6, 6.07) is 5.29. The zero-order valence-electron chi connectivity index (χ0n) is 9.18. The van der Waals surface area contributed by atoms with Crippen LogP contribution >= 0.6 is 0 Å². The van der Waals surface area contributed by atoms with Gasteiger partial charge in [-0.2, -0.15) is 13.2 Å². The Morgan fingerprint density at radius 1 is 1.19 bits per heavy atom. The van der Waals surface area contributed by atoms with Gasteiger partial charge in [-0.25, -0.2) is 0 Å². The van der Waals surface area contributed by atoms with E-state index < -0.39 is 11.7 Å². The van der Waals surface area contributed by atoms with E-state index >= 15 is 0 Å². The van der Waals surface area contributed by atoms with Crippen LogP contribution in [-0.2, 0) is 6.18 Å². The van der Waals surface area contributed by atoms with Gasteiger partial charge >= 0.3 is 6.18 Å². The summed E-state index contributed by atoms with van der Waals surface area (Å²) in [5.74, 6) is 0. The van der Waals surface area contributed by atoms with E-state index in [-0.39, 0.29) is 6.04 Å². The molecule has 0 aliphatic rings. The summed E-state index contributed by atoms with van der Waals surface area (Å²) < 4.78 is 36.8. The maximum absolute atomic E-state index is 12.3. The average molecular weight is 229 g/mol. The first kappa shape index (κ1) is 12.8. The van der Waals surface area contributed by atoms with Crippen LogP contribution in [0.5, 0.6) is 0 Å². The first-order valence-corrected chi connectivity index (χ1v) is 4.96. The minimum atomic E-state index is -4.26. The van der Waals surface area contributed by atoms with Crippen molar-refractivity contribution >= 4 is 6.08 Å². The van der Waals surface area contributed by atoms with Crippen molar-refractivity contribution in [1.29, 1.82) is 0 Å². The zero-order chi connectivity index (χ0) is 12.2. The maximum Gasteiger partial charge on any atom is 0.416 e. The Morgan fingerprint density at radius 2 is 1.75 bits per heavy atom. The van der Waals surface area contributed by atoms with Crippen molar-refractivity contribution in [3.63, 3.8) is 0 Å². The first-order chi connectivity index (χ1) is 7.43. The number of halogens is 3. The highest BCUT2D eigenvalue weighted by atomic mass is 19.4. The van der Waals surface area contributed by atoms with Crippen LogP contribution in [0.2, 0.25) is 0 Å². The number of likely N-dealkylation sites (N-methyl/N-ethyl adjacent to an activating group) is 1. The van der Waals surface area contributed by atoms with Crippen LogP contribution in [0, 0.1) is 0 Å². The molecule has 1 nitrogen and oxygen atoms in total. The Morgan fingerprint density at radius 3 is 2.19 bits per heavy atom. The molecule has 0 amide bonds. The second-order valence-corrected chi connectivity index (χ2v) is 3.56. The molecule has 0 saturated heterocycles. The fourth-order valence-electron chi connectivity index (χ4n) is 1.13. The lowest BCUT2D eigenvalue weighted by atomic mass is 10.1. The molecule has 0 fully saturated rings. The van der Waals surface area contributed by atoms with Crippen molar-refractivity contribution in [1.82, 2.24) is 5.32 Å². The van der Waals surface area contributed by atoms with E-state index in [1.807, 2.05) is 20.0 Å². The van der Waals surface area contributed by atoms with E-state index in [2.05, 4.69) is 5.32 Å². The van der Waals surface area contributed by atoms with Crippen LogP contribution in [0.15, 0.2) is 30.3 Å². The SMILES string of the molecule is CN[C@H](C)/C=C/c1ccc(C(F)(F)F)cc1. The molecule has 4 heteroatoms. The molecule has 0 spiro atoms. The molecule has 0 aliphatic heterocycles. The average Bonchev–Trinajstić information content (AvgIpc) is 2.25. The lowest BCUT2D eigenvalue weighted by molar-refractivity contribution is -0.137. The molecule has 1 rings (SSSR count). The van der Waals surface area contributed by atoms with Crippen molar-refractivity contribution in [2.24, 2.45) is 0 Å². The lowest BCUT2D eigenvalue weighted by Crippen LogP contribution is -2.17. The molecule has 1 aromatic rings. The summed E-state index contributed by atoms with van der Waals surface area (Å²) >= 11 is 0. The summed E-state index contributed by atoms with van der Waals surface area (Å²) in [6.07, 6.45) is -0.579. The minimum Gasteiger partial charge on any atom is -0.314 e. The predicted molar refractivity (Wildman–Crippen MR) is 59.0 cm³/mol. The Hall–Kier alpha value is -1.29. The van der Waals surface area contributed by atoms with E-state index in [0.717, 1.165) is 17.7 Å². The fraction of sp³-hybridized carbons (Fsp3) is 0.333. The molecule has 0 aromatic heterocycles. The van der Waals surface area contributed by atoms with Crippen LogP contribution in [0.4, 0.5) is 13.2 Å². The van der Waals surface area contributed by atoms with Gasteiger partial charge in [0.05, 0.1) is 5.56 Å². The molecular weight excluding hydrogens is 215 g/mol. The topological polar surface area (TPSA) is 12.0 Å². The molecule has 88 valence electrons. The summed E-state index contributed by atoms with van der Waals surface area (Å²) in [4.78, 5) is 0. The molecular formula is C12H14F3N. The van der Waals surface area contributed by atoms with Crippen LogP contribution < -0.4 is 5.32 Å². The smallest absolute Gasteiger partial charge is 0.314 e. The number of hydrogen-bond donors (Lipinski definition) is 1. The second kappa shape index (κ2) is 5.16. The molecule has 16 heavy (non-hydrogen) atoms. The highest BCUT2D eigenvalue weighted by molar-refractivity contribution is 5.50. The summed E-state index contributed by atoms with van der Waals surface area (Å²) in [5.41, 5.74) is 0.140. The van der Waals surface area contributed by atoms with Gasteiger partial charge in [0.1, 0.15) is 0 Å². The molecule has 1 aromatic carbocycles. The zero-order valence-corrected chi connectivity index (χ0v) is 9.18. The van der Waals surface area contributed by atoms with Gasteiger partial charge in [-0.05, 0) is 31.7 Å². The van der Waals surface area contributed by atoms with E-state index in [0.29, 0.717) is 0 Å². The van der Waals surface area contributed by atoms with Gasteiger partial charge in [-0.1, -0.05) is 24.3 Å². The third kappa shape index (κ3) is 3.70. The largest absolute Gasteiger partial charge is 0.416 e. The fourth-order valence-corrected chi connectivity index (χ4v) is 1.13. The molecule has 0 heterocycles. The van der Waals surface area contributed by atoms with Crippen LogP contribution in [0.25, 0.3) is 6.08 Å². The number of alkyl halides is 3. The van der Waals surface area contributed by atoms with Gasteiger partial charge in [-0.15, -0.1) is 0 Å². The van der Waals surface area contributed by atoms with E-state index in [4.69, 9.17) is 0 Å². The summed E-state index contributed by atoms with van der Waals surface area (Å²) in [7, 11) is 1.82. The number of hydrogen-bond acceptors (Lipinski definition) is 1. The normalized spacial score (nSPS) is 14.3. The predicted octanol–water partition coefficient (Wildman–Crippen LogP) is 3.33. The Labute approximate surface area is 93.0 Å². The molecule has 1 atom stereocenters. The molecule has 0 bridgehead atoms. The summed E-state index contributed by atoms with van der Waals surface area (Å²) in [6.45, 7) is 1.96. The summed E-state index contributed by atoms with van der Waals surface area (Å²) in [5, 5.41) is 3.00. The number of nitrogens with one attached hydrogen (secondary N) is 1. The third-order valence-corrected chi connectivity index (χ3v) is 2.27. The van der Waals surface area contributed by atoms with Crippen molar-refractivity contribution in [2.45, 2.75) is 19.1 Å². The van der Waals surface area contributed by atoms with E-state index in [1.54, 1.807) is 6.08 Å².